The van der Waals surface area contributed by atoms with E-state index in [1.165, 1.54) is 0 Å². The molecule has 31 heavy (non-hydrogen) atoms. The van der Waals surface area contributed by atoms with Crippen LogP contribution in [0.4, 0.5) is 0 Å². The number of hydrogen-bond acceptors (Lipinski definition) is 4. The number of carbonyl (C=O) groups excluding carboxylic acids is 2. The van der Waals surface area contributed by atoms with Crippen LogP contribution in [0.3, 0.4) is 0 Å². The molecule has 4 rings (SSSR count). The van der Waals surface area contributed by atoms with Crippen LogP contribution in [-0.2, 0) is 11.3 Å². The number of amides is 2. The van der Waals surface area contributed by atoms with E-state index >= 15 is 0 Å². The van der Waals surface area contributed by atoms with Gasteiger partial charge in [0.2, 0.25) is 5.91 Å². The van der Waals surface area contributed by atoms with Crippen LogP contribution in [0.5, 0.6) is 0 Å². The molecule has 1 aliphatic carbocycles. The highest BCUT2D eigenvalue weighted by Gasteiger charge is 2.48. The maximum atomic E-state index is 13.6. The lowest BCUT2D eigenvalue weighted by Crippen LogP contribution is -2.65. The van der Waals surface area contributed by atoms with Crippen molar-refractivity contribution in [2.45, 2.75) is 57.7 Å². The summed E-state index contributed by atoms with van der Waals surface area (Å²) >= 11 is 0. The molecule has 0 spiro atoms. The third-order valence-corrected chi connectivity index (χ3v) is 6.89. The Balaban J connectivity index is 1.65. The van der Waals surface area contributed by atoms with Gasteiger partial charge in [0.1, 0.15) is 17.0 Å². The van der Waals surface area contributed by atoms with E-state index < -0.39 is 5.54 Å². The first-order chi connectivity index (χ1) is 14.8. The number of rotatable bonds is 6. The van der Waals surface area contributed by atoms with Gasteiger partial charge in [0, 0.05) is 19.1 Å². The highest BCUT2D eigenvalue weighted by Crippen LogP contribution is 2.34. The molecule has 168 valence electrons. The molecule has 2 aliphatic rings. The fourth-order valence-electron chi connectivity index (χ4n) is 4.81. The quantitative estimate of drug-likeness (QED) is 0.770. The summed E-state index contributed by atoms with van der Waals surface area (Å²) in [6.07, 6.45) is 5.89. The zero-order valence-electron chi connectivity index (χ0n) is 19.1. The van der Waals surface area contributed by atoms with Gasteiger partial charge in [-0.15, -0.1) is 0 Å². The summed E-state index contributed by atoms with van der Waals surface area (Å²) in [5.41, 5.74) is 0.455. The van der Waals surface area contributed by atoms with Crippen molar-refractivity contribution in [3.63, 3.8) is 0 Å². The molecule has 1 N–H and O–H groups in total. The van der Waals surface area contributed by atoms with E-state index in [1.807, 2.05) is 54.8 Å². The normalized spacial score (nSPS) is 26.2. The first kappa shape index (κ1) is 21.7. The largest absolute Gasteiger partial charge is 0.463 e. The summed E-state index contributed by atoms with van der Waals surface area (Å²) < 4.78 is 7.53. The minimum atomic E-state index is -0.969. The van der Waals surface area contributed by atoms with Crippen molar-refractivity contribution in [3.05, 3.63) is 36.2 Å². The number of nitrogens with one attached hydrogen (secondary N) is 1. The highest BCUT2D eigenvalue weighted by molar-refractivity contribution is 6.00. The van der Waals surface area contributed by atoms with Crippen LogP contribution in [0.25, 0.3) is 11.5 Å². The topological polar surface area (TPSA) is 70.7 Å². The molecule has 0 bridgehead atoms. The van der Waals surface area contributed by atoms with Crippen molar-refractivity contribution in [2.24, 2.45) is 5.92 Å². The maximum absolute atomic E-state index is 13.6. The fraction of sp³-hybridized carbons (Fsp3) is 0.583. The van der Waals surface area contributed by atoms with E-state index in [9.17, 15) is 9.59 Å². The number of furan rings is 1. The van der Waals surface area contributed by atoms with Crippen LogP contribution in [0.15, 0.2) is 34.9 Å². The molecule has 7 nitrogen and oxygen atoms in total. The summed E-state index contributed by atoms with van der Waals surface area (Å²) in [4.78, 5) is 31.0. The molecule has 1 aliphatic heterocycles. The minimum Gasteiger partial charge on any atom is -0.463 e. The van der Waals surface area contributed by atoms with Gasteiger partial charge >= 0.3 is 0 Å². The molecule has 1 unspecified atom stereocenters. The Hall–Kier alpha value is -2.54. The third kappa shape index (κ3) is 4.15. The van der Waals surface area contributed by atoms with Crippen LogP contribution in [0.1, 0.15) is 50.0 Å². The maximum Gasteiger partial charge on any atom is 0.271 e. The van der Waals surface area contributed by atoms with Gasteiger partial charge in [0.25, 0.3) is 5.91 Å². The second-order valence-electron chi connectivity index (χ2n) is 9.63. The summed E-state index contributed by atoms with van der Waals surface area (Å²) in [6, 6.07) is 7.64. The van der Waals surface area contributed by atoms with Crippen molar-refractivity contribution in [3.8, 4) is 11.5 Å². The second kappa shape index (κ2) is 8.54. The van der Waals surface area contributed by atoms with E-state index in [2.05, 4.69) is 12.2 Å². The molecule has 7 heteroatoms. The SMILES string of the molecule is CC1CCC(NC(=O)C2(C)Cn3c(ccc3-c3ccco3)C(=O)N2CCN(C)C)CC1. The molecule has 2 aromatic heterocycles. The average Bonchev–Trinajstić information content (AvgIpc) is 3.38. The van der Waals surface area contributed by atoms with Gasteiger partial charge in [-0.05, 0) is 76.9 Å². The third-order valence-electron chi connectivity index (χ3n) is 6.89. The molecule has 0 radical (unpaired) electrons. The van der Waals surface area contributed by atoms with Gasteiger partial charge in [-0.2, -0.15) is 0 Å². The number of carbonyl (C=O) groups is 2. The lowest BCUT2D eigenvalue weighted by molar-refractivity contribution is -0.134. The Labute approximate surface area is 184 Å². The molecular weight excluding hydrogens is 392 g/mol. The van der Waals surface area contributed by atoms with Crippen LogP contribution in [0.2, 0.25) is 0 Å². The van der Waals surface area contributed by atoms with Crippen LogP contribution < -0.4 is 5.32 Å². The first-order valence-corrected chi connectivity index (χ1v) is 11.3. The van der Waals surface area contributed by atoms with Gasteiger partial charge in [0.05, 0.1) is 18.5 Å². The lowest BCUT2D eigenvalue weighted by atomic mass is 9.86. The number of nitrogens with zero attached hydrogens (tertiary/aromatic N) is 3. The standard InChI is InChI=1S/C24H34N4O3/c1-17-7-9-18(10-8-17)25-23(30)24(2)16-27-19(21-6-5-15-31-21)11-12-20(27)22(29)28(24)14-13-26(3)4/h5-6,11-12,15,17-18H,7-10,13-14,16H2,1-4H3,(H,25,30). The van der Waals surface area contributed by atoms with Crippen LogP contribution in [-0.4, -0.2) is 64.9 Å². The summed E-state index contributed by atoms with van der Waals surface area (Å²) in [5, 5.41) is 3.28. The highest BCUT2D eigenvalue weighted by atomic mass is 16.3. The predicted octanol–water partition coefficient (Wildman–Crippen LogP) is 3.22. The average molecular weight is 427 g/mol. The predicted molar refractivity (Wildman–Crippen MR) is 120 cm³/mol. The van der Waals surface area contributed by atoms with Crippen molar-refractivity contribution >= 4 is 11.8 Å². The van der Waals surface area contributed by atoms with Gasteiger partial charge in [0.15, 0.2) is 0 Å². The zero-order chi connectivity index (χ0) is 22.2. The van der Waals surface area contributed by atoms with Crippen molar-refractivity contribution in [1.82, 2.24) is 19.7 Å². The second-order valence-corrected chi connectivity index (χ2v) is 9.63. The molecule has 0 aromatic carbocycles. The molecule has 1 fully saturated rings. The van der Waals surface area contributed by atoms with Gasteiger partial charge in [-0.25, -0.2) is 0 Å². The molecular formula is C24H34N4O3. The molecule has 0 saturated heterocycles. The first-order valence-electron chi connectivity index (χ1n) is 11.3. The zero-order valence-corrected chi connectivity index (χ0v) is 19.1. The Morgan fingerprint density at radius 3 is 2.55 bits per heavy atom. The van der Waals surface area contributed by atoms with E-state index in [1.54, 1.807) is 11.2 Å². The van der Waals surface area contributed by atoms with Crippen molar-refractivity contribution in [2.75, 3.05) is 27.2 Å². The molecule has 1 atom stereocenters. The van der Waals surface area contributed by atoms with E-state index in [0.29, 0.717) is 31.1 Å². The summed E-state index contributed by atoms with van der Waals surface area (Å²) in [6.45, 7) is 5.77. The van der Waals surface area contributed by atoms with Crippen molar-refractivity contribution < 1.29 is 14.0 Å². The molecule has 2 aromatic rings. The number of likely N-dealkylation sites (N-methyl/N-ethyl adjacent to an activating group) is 1. The number of aromatic nitrogens is 1. The molecule has 3 heterocycles. The van der Waals surface area contributed by atoms with E-state index in [-0.39, 0.29) is 17.9 Å². The van der Waals surface area contributed by atoms with Crippen molar-refractivity contribution in [1.29, 1.82) is 0 Å². The Morgan fingerprint density at radius 2 is 1.90 bits per heavy atom. The van der Waals surface area contributed by atoms with Gasteiger partial charge in [-0.1, -0.05) is 6.92 Å². The van der Waals surface area contributed by atoms with Gasteiger partial charge < -0.3 is 24.1 Å². The van der Waals surface area contributed by atoms with Crippen LogP contribution in [0, 0.1) is 5.92 Å². The number of hydrogen-bond donors (Lipinski definition) is 1. The Kier molecular flexibility index (Phi) is 5.97. The summed E-state index contributed by atoms with van der Waals surface area (Å²) in [5.74, 6) is 1.24. The lowest BCUT2D eigenvalue weighted by Gasteiger charge is -2.45. The fourth-order valence-corrected chi connectivity index (χ4v) is 4.81. The van der Waals surface area contributed by atoms with Crippen LogP contribution >= 0.6 is 0 Å². The Bertz CT molecular complexity index is 925. The molecule has 1 saturated carbocycles. The Morgan fingerprint density at radius 1 is 1.19 bits per heavy atom. The molecule has 2 amide bonds. The van der Waals surface area contributed by atoms with E-state index in [0.717, 1.165) is 37.3 Å². The monoisotopic (exact) mass is 426 g/mol. The summed E-state index contributed by atoms with van der Waals surface area (Å²) in [7, 11) is 3.96. The van der Waals surface area contributed by atoms with Gasteiger partial charge in [-0.3, -0.25) is 9.59 Å². The van der Waals surface area contributed by atoms with E-state index in [4.69, 9.17) is 4.42 Å². The number of fused-ring (bicyclic) bond motifs is 1. The smallest absolute Gasteiger partial charge is 0.271 e. The minimum absolute atomic E-state index is 0.0658.